The van der Waals surface area contributed by atoms with Crippen molar-refractivity contribution in [3.63, 3.8) is 0 Å². The van der Waals surface area contributed by atoms with Crippen molar-refractivity contribution in [1.29, 1.82) is 0 Å². The Labute approximate surface area is 168 Å². The van der Waals surface area contributed by atoms with Gasteiger partial charge < -0.3 is 10.4 Å². The molecule has 3 aromatic rings. The number of phenolic OH excluding ortho intramolecular Hbond substituents is 1. The maximum absolute atomic E-state index is 12.6. The van der Waals surface area contributed by atoms with Crippen molar-refractivity contribution >= 4 is 24.1 Å². The highest BCUT2D eigenvalue weighted by atomic mass is 16.3. The highest BCUT2D eigenvalue weighted by molar-refractivity contribution is 6.05. The fourth-order valence-electron chi connectivity index (χ4n) is 2.44. The number of amides is 2. The first-order chi connectivity index (χ1) is 14.1. The number of rotatable bonds is 6. The molecular weight excluding hydrogens is 366 g/mol. The summed E-state index contributed by atoms with van der Waals surface area (Å²) in [7, 11) is 0. The molecule has 0 atom stereocenters. The normalized spacial score (nSPS) is 11.2. The molecule has 0 aliphatic rings. The number of nitrogens with one attached hydrogen (secondary N) is 2. The van der Waals surface area contributed by atoms with Gasteiger partial charge in [0.2, 0.25) is 0 Å². The molecule has 0 radical (unpaired) electrons. The van der Waals surface area contributed by atoms with E-state index in [0.717, 1.165) is 5.56 Å². The van der Waals surface area contributed by atoms with E-state index in [2.05, 4.69) is 15.8 Å². The molecule has 0 spiro atoms. The molecule has 0 aliphatic carbocycles. The summed E-state index contributed by atoms with van der Waals surface area (Å²) in [6, 6.07) is 24.2. The molecule has 2 amide bonds. The zero-order chi connectivity index (χ0) is 20.5. The number of phenols is 1. The van der Waals surface area contributed by atoms with E-state index in [1.165, 1.54) is 18.3 Å². The van der Waals surface area contributed by atoms with E-state index in [9.17, 15) is 14.7 Å². The Morgan fingerprint density at radius 3 is 2.07 bits per heavy atom. The van der Waals surface area contributed by atoms with Crippen LogP contribution in [0.5, 0.6) is 5.75 Å². The first-order valence-electron chi connectivity index (χ1n) is 8.87. The summed E-state index contributed by atoms with van der Waals surface area (Å²) in [5.74, 6) is -0.818. The fraction of sp³-hybridized carbons (Fsp3) is 0. The van der Waals surface area contributed by atoms with Crippen molar-refractivity contribution in [3.05, 3.63) is 107 Å². The van der Waals surface area contributed by atoms with Crippen LogP contribution in [0.1, 0.15) is 21.5 Å². The van der Waals surface area contributed by atoms with Crippen LogP contribution in [0.2, 0.25) is 0 Å². The SMILES string of the molecule is O=C(N/N=C/c1ccc(O)cc1)/C(=C/c1ccccc1)NC(=O)c1ccccc1. The van der Waals surface area contributed by atoms with Crippen molar-refractivity contribution < 1.29 is 14.7 Å². The number of aromatic hydroxyl groups is 1. The number of hydrazone groups is 1. The second kappa shape index (κ2) is 9.66. The van der Waals surface area contributed by atoms with Gasteiger partial charge in [-0.3, -0.25) is 9.59 Å². The van der Waals surface area contributed by atoms with Crippen LogP contribution in [-0.4, -0.2) is 23.1 Å². The lowest BCUT2D eigenvalue weighted by Crippen LogP contribution is -2.32. The largest absolute Gasteiger partial charge is 0.508 e. The third kappa shape index (κ3) is 5.90. The predicted molar refractivity (Wildman–Crippen MR) is 112 cm³/mol. The summed E-state index contributed by atoms with van der Waals surface area (Å²) >= 11 is 0. The van der Waals surface area contributed by atoms with Crippen molar-refractivity contribution in [2.45, 2.75) is 0 Å². The molecule has 0 bridgehead atoms. The molecule has 0 saturated heterocycles. The Morgan fingerprint density at radius 1 is 0.793 bits per heavy atom. The lowest BCUT2D eigenvalue weighted by Gasteiger charge is -2.09. The molecule has 0 aliphatic heterocycles. The van der Waals surface area contributed by atoms with Crippen LogP contribution < -0.4 is 10.7 Å². The molecule has 0 fully saturated rings. The van der Waals surface area contributed by atoms with Gasteiger partial charge in [0, 0.05) is 5.56 Å². The van der Waals surface area contributed by atoms with Gasteiger partial charge in [-0.2, -0.15) is 5.10 Å². The second-order valence-corrected chi connectivity index (χ2v) is 6.08. The van der Waals surface area contributed by atoms with Gasteiger partial charge in [0.1, 0.15) is 11.4 Å². The highest BCUT2D eigenvalue weighted by Crippen LogP contribution is 2.09. The van der Waals surface area contributed by atoms with Crippen LogP contribution in [0, 0.1) is 0 Å². The Bertz CT molecular complexity index is 1030. The first-order valence-corrected chi connectivity index (χ1v) is 8.87. The Kier molecular flexibility index (Phi) is 6.52. The van der Waals surface area contributed by atoms with E-state index in [0.29, 0.717) is 11.1 Å². The number of benzene rings is 3. The third-order valence-electron chi connectivity index (χ3n) is 3.91. The van der Waals surface area contributed by atoms with Crippen molar-refractivity contribution in [2.24, 2.45) is 5.10 Å². The van der Waals surface area contributed by atoms with E-state index in [1.807, 2.05) is 36.4 Å². The molecule has 0 unspecified atom stereocenters. The standard InChI is InChI=1S/C23H19N3O3/c27-20-13-11-18(12-14-20)16-24-26-23(29)21(15-17-7-3-1-4-8-17)25-22(28)19-9-5-2-6-10-19/h1-16,27H,(H,25,28)(H,26,29)/b21-15-,24-16+. The van der Waals surface area contributed by atoms with Crippen molar-refractivity contribution in [1.82, 2.24) is 10.7 Å². The Hall–Kier alpha value is -4.19. The molecular formula is C23H19N3O3. The molecule has 0 aromatic heterocycles. The molecule has 6 nitrogen and oxygen atoms in total. The molecule has 0 heterocycles. The minimum Gasteiger partial charge on any atom is -0.508 e. The summed E-state index contributed by atoms with van der Waals surface area (Å²) < 4.78 is 0. The van der Waals surface area contributed by atoms with Gasteiger partial charge >= 0.3 is 0 Å². The minimum atomic E-state index is -0.562. The van der Waals surface area contributed by atoms with Crippen molar-refractivity contribution in [3.8, 4) is 5.75 Å². The summed E-state index contributed by atoms with van der Waals surface area (Å²) in [6.45, 7) is 0. The molecule has 6 heteroatoms. The number of hydrogen-bond donors (Lipinski definition) is 3. The maximum Gasteiger partial charge on any atom is 0.287 e. The Morgan fingerprint density at radius 2 is 1.41 bits per heavy atom. The maximum atomic E-state index is 12.6. The number of nitrogens with zero attached hydrogens (tertiary/aromatic N) is 1. The number of carbonyl (C=O) groups excluding carboxylic acids is 2. The Balaban J connectivity index is 1.76. The van der Waals surface area contributed by atoms with Gasteiger partial charge in [-0.15, -0.1) is 0 Å². The third-order valence-corrected chi connectivity index (χ3v) is 3.91. The summed E-state index contributed by atoms with van der Waals surface area (Å²) in [5.41, 5.74) is 4.36. The molecule has 3 aromatic carbocycles. The topological polar surface area (TPSA) is 90.8 Å². The quantitative estimate of drug-likeness (QED) is 0.345. The number of carbonyl (C=O) groups is 2. The van der Waals surface area contributed by atoms with E-state index >= 15 is 0 Å². The summed E-state index contributed by atoms with van der Waals surface area (Å²) in [6.07, 6.45) is 3.02. The smallest absolute Gasteiger partial charge is 0.287 e. The van der Waals surface area contributed by atoms with Gasteiger partial charge in [0.05, 0.1) is 6.21 Å². The van der Waals surface area contributed by atoms with Gasteiger partial charge in [0.25, 0.3) is 11.8 Å². The zero-order valence-electron chi connectivity index (χ0n) is 15.4. The lowest BCUT2D eigenvalue weighted by atomic mass is 10.1. The molecule has 144 valence electrons. The van der Waals surface area contributed by atoms with Gasteiger partial charge in [-0.05, 0) is 53.6 Å². The van der Waals surface area contributed by atoms with E-state index in [1.54, 1.807) is 42.5 Å². The second-order valence-electron chi connectivity index (χ2n) is 6.08. The van der Waals surface area contributed by atoms with Gasteiger partial charge in [-0.1, -0.05) is 48.5 Å². The van der Waals surface area contributed by atoms with Crippen LogP contribution in [0.4, 0.5) is 0 Å². The summed E-state index contributed by atoms with van der Waals surface area (Å²) in [4.78, 5) is 25.1. The minimum absolute atomic E-state index is 0.0629. The molecule has 0 saturated carbocycles. The molecule has 29 heavy (non-hydrogen) atoms. The average molecular weight is 385 g/mol. The zero-order valence-corrected chi connectivity index (χ0v) is 15.4. The van der Waals surface area contributed by atoms with E-state index < -0.39 is 11.8 Å². The van der Waals surface area contributed by atoms with Crippen LogP contribution >= 0.6 is 0 Å². The highest BCUT2D eigenvalue weighted by Gasteiger charge is 2.14. The van der Waals surface area contributed by atoms with Crippen LogP contribution in [0.15, 0.2) is 95.7 Å². The summed E-state index contributed by atoms with van der Waals surface area (Å²) in [5, 5.41) is 15.9. The monoisotopic (exact) mass is 385 g/mol. The first kappa shape index (κ1) is 19.6. The van der Waals surface area contributed by atoms with Crippen molar-refractivity contribution in [2.75, 3.05) is 0 Å². The van der Waals surface area contributed by atoms with Gasteiger partial charge in [-0.25, -0.2) is 5.43 Å². The fourth-order valence-corrected chi connectivity index (χ4v) is 2.44. The average Bonchev–Trinajstić information content (AvgIpc) is 2.76. The lowest BCUT2D eigenvalue weighted by molar-refractivity contribution is -0.117. The van der Waals surface area contributed by atoms with Crippen LogP contribution in [-0.2, 0) is 4.79 Å². The van der Waals surface area contributed by atoms with Crippen LogP contribution in [0.3, 0.4) is 0 Å². The van der Waals surface area contributed by atoms with Gasteiger partial charge in [0.15, 0.2) is 0 Å². The van der Waals surface area contributed by atoms with Crippen LogP contribution in [0.25, 0.3) is 6.08 Å². The molecule has 3 rings (SSSR count). The van der Waals surface area contributed by atoms with E-state index in [-0.39, 0.29) is 11.4 Å². The molecule has 3 N–H and O–H groups in total. The van der Waals surface area contributed by atoms with E-state index in [4.69, 9.17) is 0 Å². The predicted octanol–water partition coefficient (Wildman–Crippen LogP) is 3.31. The number of hydrogen-bond acceptors (Lipinski definition) is 4.